The predicted molar refractivity (Wildman–Crippen MR) is 110 cm³/mol. The molecule has 6 nitrogen and oxygen atoms in total. The van der Waals surface area contributed by atoms with Crippen molar-refractivity contribution in [3.05, 3.63) is 49.0 Å². The molecule has 142 valence electrons. The molecule has 0 aliphatic carbocycles. The van der Waals surface area contributed by atoms with Crippen LogP contribution in [0.2, 0.25) is 0 Å². The van der Waals surface area contributed by atoms with Crippen LogP contribution in [0.15, 0.2) is 22.3 Å². The van der Waals surface area contributed by atoms with Gasteiger partial charge in [0.2, 0.25) is 0 Å². The number of likely N-dealkylation sites (N-methyl/N-ethyl adjacent to an activating group) is 1. The molecule has 3 aromatic rings. The zero-order chi connectivity index (χ0) is 19.1. The molecule has 1 aliphatic rings. The summed E-state index contributed by atoms with van der Waals surface area (Å²) in [5.74, 6) is 0.703. The number of amides is 1. The first-order valence-electron chi connectivity index (χ1n) is 8.98. The minimum atomic E-state index is -0.136. The third-order valence-corrected chi connectivity index (χ3v) is 7.23. The Bertz CT molecular complexity index is 1050. The lowest BCUT2D eigenvalue weighted by Crippen LogP contribution is -2.34. The summed E-state index contributed by atoms with van der Waals surface area (Å²) in [5.41, 5.74) is 0.731. The maximum Gasteiger partial charge on any atom is 0.262 e. The summed E-state index contributed by atoms with van der Waals surface area (Å²) in [6, 6.07) is 4.22. The molecule has 0 fully saturated rings. The average molecular weight is 403 g/mol. The van der Waals surface area contributed by atoms with Gasteiger partial charge in [0.15, 0.2) is 0 Å². The lowest BCUT2D eigenvalue weighted by molar-refractivity contribution is 0.0946. The SMILES string of the molecule is Cc1c(C(=O)NC[C@@H](c2cccs2)N(C)C)sc2nc3n(c(=O)c12)CCC3. The Hall–Kier alpha value is -2.03. The van der Waals surface area contributed by atoms with E-state index >= 15 is 0 Å². The van der Waals surface area contributed by atoms with Crippen molar-refractivity contribution >= 4 is 38.8 Å². The molecule has 1 aliphatic heterocycles. The van der Waals surface area contributed by atoms with E-state index in [4.69, 9.17) is 0 Å². The predicted octanol–water partition coefficient (Wildman–Crippen LogP) is 2.81. The van der Waals surface area contributed by atoms with Crippen molar-refractivity contribution in [3.63, 3.8) is 0 Å². The number of fused-ring (bicyclic) bond motifs is 2. The molecule has 0 saturated carbocycles. The standard InChI is InChI=1S/C19H22N4O2S2/c1-11-15-18(21-14-7-4-8-23(14)19(15)25)27-16(11)17(24)20-10-12(22(2)3)13-6-5-9-26-13/h5-6,9,12H,4,7-8,10H2,1-3H3,(H,20,24)/t12-/m0/s1. The van der Waals surface area contributed by atoms with Gasteiger partial charge in [-0.1, -0.05) is 6.07 Å². The van der Waals surface area contributed by atoms with Gasteiger partial charge in [0.25, 0.3) is 11.5 Å². The van der Waals surface area contributed by atoms with Crippen molar-refractivity contribution in [1.29, 1.82) is 0 Å². The fraction of sp³-hybridized carbons (Fsp3) is 0.421. The minimum absolute atomic E-state index is 0.00921. The molecule has 0 aromatic carbocycles. The molecule has 3 aromatic heterocycles. The fourth-order valence-corrected chi connectivity index (χ4v) is 5.61. The maximum atomic E-state index is 12.8. The van der Waals surface area contributed by atoms with Crippen LogP contribution < -0.4 is 10.9 Å². The van der Waals surface area contributed by atoms with Gasteiger partial charge in [-0.15, -0.1) is 22.7 Å². The highest BCUT2D eigenvalue weighted by Gasteiger charge is 2.24. The Morgan fingerprint density at radius 2 is 2.26 bits per heavy atom. The third-order valence-electron chi connectivity index (χ3n) is 5.07. The molecular weight excluding hydrogens is 380 g/mol. The van der Waals surface area contributed by atoms with E-state index in [0.29, 0.717) is 21.6 Å². The summed E-state index contributed by atoms with van der Waals surface area (Å²) in [4.78, 5) is 34.8. The number of hydrogen-bond donors (Lipinski definition) is 1. The topological polar surface area (TPSA) is 67.2 Å². The van der Waals surface area contributed by atoms with E-state index in [1.807, 2.05) is 32.5 Å². The van der Waals surface area contributed by atoms with Crippen LogP contribution in [0.1, 0.15) is 38.4 Å². The first-order chi connectivity index (χ1) is 13.0. The zero-order valence-corrected chi connectivity index (χ0v) is 17.2. The van der Waals surface area contributed by atoms with Crippen molar-refractivity contribution in [2.45, 2.75) is 32.4 Å². The summed E-state index contributed by atoms with van der Waals surface area (Å²) in [5, 5.41) is 5.69. The molecule has 1 amide bonds. The Kier molecular flexibility index (Phi) is 4.88. The second-order valence-corrected chi connectivity index (χ2v) is 9.01. The minimum Gasteiger partial charge on any atom is -0.349 e. The summed E-state index contributed by atoms with van der Waals surface area (Å²) in [6.45, 7) is 3.09. The number of carbonyl (C=O) groups is 1. The summed E-state index contributed by atoms with van der Waals surface area (Å²) in [6.07, 6.45) is 1.79. The highest BCUT2D eigenvalue weighted by atomic mass is 32.1. The number of nitrogens with zero attached hydrogens (tertiary/aromatic N) is 3. The number of thiophene rings is 2. The average Bonchev–Trinajstić information content (AvgIpc) is 3.35. The Morgan fingerprint density at radius 3 is 2.96 bits per heavy atom. The van der Waals surface area contributed by atoms with Gasteiger partial charge < -0.3 is 10.2 Å². The normalized spacial score (nSPS) is 14.7. The molecule has 1 N–H and O–H groups in total. The highest BCUT2D eigenvalue weighted by molar-refractivity contribution is 7.20. The van der Waals surface area contributed by atoms with Gasteiger partial charge in [0.05, 0.1) is 16.3 Å². The molecular formula is C19H22N4O2S2. The highest BCUT2D eigenvalue weighted by Crippen LogP contribution is 2.29. The molecule has 0 saturated heterocycles. The van der Waals surface area contributed by atoms with E-state index in [9.17, 15) is 9.59 Å². The van der Waals surface area contributed by atoms with Crippen LogP contribution in [0.5, 0.6) is 0 Å². The maximum absolute atomic E-state index is 12.8. The van der Waals surface area contributed by atoms with Crippen LogP contribution in [0.3, 0.4) is 0 Å². The van der Waals surface area contributed by atoms with Crippen LogP contribution in [-0.2, 0) is 13.0 Å². The fourth-order valence-electron chi connectivity index (χ4n) is 3.58. The van der Waals surface area contributed by atoms with Crippen molar-refractivity contribution in [3.8, 4) is 0 Å². The molecule has 4 heterocycles. The van der Waals surface area contributed by atoms with E-state index in [0.717, 1.165) is 30.8 Å². The van der Waals surface area contributed by atoms with Crippen molar-refractivity contribution < 1.29 is 4.79 Å². The molecule has 4 rings (SSSR count). The molecule has 8 heteroatoms. The van der Waals surface area contributed by atoms with Crippen LogP contribution in [0, 0.1) is 6.92 Å². The van der Waals surface area contributed by atoms with Gasteiger partial charge in [-0.25, -0.2) is 4.98 Å². The van der Waals surface area contributed by atoms with E-state index in [1.54, 1.807) is 15.9 Å². The number of nitrogens with one attached hydrogen (secondary N) is 1. The van der Waals surface area contributed by atoms with Gasteiger partial charge in [0.1, 0.15) is 10.7 Å². The van der Waals surface area contributed by atoms with Crippen LogP contribution in [0.4, 0.5) is 0 Å². The van der Waals surface area contributed by atoms with Gasteiger partial charge in [-0.3, -0.25) is 14.2 Å². The molecule has 1 atom stereocenters. The number of aryl methyl sites for hydroxylation is 2. The Labute approximate surface area is 165 Å². The van der Waals surface area contributed by atoms with E-state index in [2.05, 4.69) is 21.3 Å². The lowest BCUT2D eigenvalue weighted by atomic mass is 10.2. The van der Waals surface area contributed by atoms with Crippen molar-refractivity contribution in [2.75, 3.05) is 20.6 Å². The monoisotopic (exact) mass is 402 g/mol. The van der Waals surface area contributed by atoms with Crippen molar-refractivity contribution in [1.82, 2.24) is 19.8 Å². The van der Waals surface area contributed by atoms with Crippen LogP contribution in [-0.4, -0.2) is 41.0 Å². The number of rotatable bonds is 5. The Balaban J connectivity index is 1.61. The summed E-state index contributed by atoms with van der Waals surface area (Å²) in [7, 11) is 4.02. The smallest absolute Gasteiger partial charge is 0.262 e. The molecule has 0 spiro atoms. The van der Waals surface area contributed by atoms with E-state index < -0.39 is 0 Å². The lowest BCUT2D eigenvalue weighted by Gasteiger charge is -2.23. The summed E-state index contributed by atoms with van der Waals surface area (Å²) >= 11 is 3.01. The van der Waals surface area contributed by atoms with Crippen molar-refractivity contribution in [2.24, 2.45) is 0 Å². The second-order valence-electron chi connectivity index (χ2n) is 7.03. The first kappa shape index (κ1) is 18.3. The molecule has 0 bridgehead atoms. The number of carbonyl (C=O) groups excluding carboxylic acids is 1. The quantitative estimate of drug-likeness (QED) is 0.713. The van der Waals surface area contributed by atoms with E-state index in [1.165, 1.54) is 16.2 Å². The second kappa shape index (κ2) is 7.18. The van der Waals surface area contributed by atoms with E-state index in [-0.39, 0.29) is 17.5 Å². The number of hydrogen-bond acceptors (Lipinski definition) is 6. The molecule has 0 radical (unpaired) electrons. The van der Waals surface area contributed by atoms with Crippen LogP contribution in [0.25, 0.3) is 10.2 Å². The molecule has 27 heavy (non-hydrogen) atoms. The zero-order valence-electron chi connectivity index (χ0n) is 15.6. The van der Waals surface area contributed by atoms with Gasteiger partial charge in [-0.2, -0.15) is 0 Å². The van der Waals surface area contributed by atoms with Crippen LogP contribution >= 0.6 is 22.7 Å². The largest absolute Gasteiger partial charge is 0.349 e. The first-order valence-corrected chi connectivity index (χ1v) is 10.7. The number of aromatic nitrogens is 2. The van der Waals surface area contributed by atoms with Gasteiger partial charge >= 0.3 is 0 Å². The van der Waals surface area contributed by atoms with Gasteiger partial charge in [0, 0.05) is 24.4 Å². The third kappa shape index (κ3) is 3.22. The summed E-state index contributed by atoms with van der Waals surface area (Å²) < 4.78 is 1.75. The van der Waals surface area contributed by atoms with Gasteiger partial charge in [-0.05, 0) is 44.4 Å². The molecule has 0 unspecified atom stereocenters. The Morgan fingerprint density at radius 1 is 1.44 bits per heavy atom.